The van der Waals surface area contributed by atoms with Crippen molar-refractivity contribution in [2.75, 3.05) is 13.2 Å². The van der Waals surface area contributed by atoms with Gasteiger partial charge in [0.25, 0.3) is 5.91 Å². The molecule has 0 aromatic heterocycles. The third kappa shape index (κ3) is 5.54. The summed E-state index contributed by atoms with van der Waals surface area (Å²) in [6, 6.07) is 7.01. The minimum absolute atomic E-state index is 0.0152. The van der Waals surface area contributed by atoms with Crippen molar-refractivity contribution in [3.05, 3.63) is 29.8 Å². The van der Waals surface area contributed by atoms with Gasteiger partial charge in [-0.25, -0.2) is 0 Å². The van der Waals surface area contributed by atoms with Crippen LogP contribution in [0.2, 0.25) is 0 Å². The van der Waals surface area contributed by atoms with Crippen molar-refractivity contribution in [1.82, 2.24) is 10.6 Å². The van der Waals surface area contributed by atoms with Crippen LogP contribution in [0, 0.1) is 0 Å². The fraction of sp³-hybridized carbons (Fsp3) is 0.429. The molecule has 0 aliphatic carbocycles. The fourth-order valence-electron chi connectivity index (χ4n) is 1.51. The molecular formula is C14H20N2O3S. The molecule has 1 rings (SSSR count). The smallest absolute Gasteiger partial charge is 0.261 e. The normalized spacial score (nSPS) is 10.2. The Morgan fingerprint density at radius 1 is 1.40 bits per heavy atom. The number of thiocarbonyl (C=S) groups is 1. The maximum atomic E-state index is 12.1. The third-order valence-corrected chi connectivity index (χ3v) is 2.59. The van der Waals surface area contributed by atoms with Gasteiger partial charge in [-0.2, -0.15) is 0 Å². The molecule has 0 radical (unpaired) electrons. The van der Waals surface area contributed by atoms with Crippen molar-refractivity contribution in [1.29, 1.82) is 0 Å². The van der Waals surface area contributed by atoms with Gasteiger partial charge in [0.05, 0.1) is 11.7 Å². The van der Waals surface area contributed by atoms with E-state index in [1.165, 1.54) is 0 Å². The lowest BCUT2D eigenvalue weighted by atomic mass is 10.2. The van der Waals surface area contributed by atoms with Gasteiger partial charge >= 0.3 is 0 Å². The molecule has 0 spiro atoms. The second-order valence-corrected chi connectivity index (χ2v) is 4.86. The van der Waals surface area contributed by atoms with E-state index in [-0.39, 0.29) is 23.7 Å². The number of ether oxygens (including phenoxy) is 1. The van der Waals surface area contributed by atoms with Crippen LogP contribution in [0.25, 0.3) is 0 Å². The molecule has 110 valence electrons. The van der Waals surface area contributed by atoms with Crippen LogP contribution in [0.15, 0.2) is 24.3 Å². The molecule has 20 heavy (non-hydrogen) atoms. The first-order valence-corrected chi connectivity index (χ1v) is 6.91. The zero-order valence-electron chi connectivity index (χ0n) is 11.7. The summed E-state index contributed by atoms with van der Waals surface area (Å²) in [6.07, 6.45) is 0.557. The van der Waals surface area contributed by atoms with Gasteiger partial charge in [0.2, 0.25) is 0 Å². The van der Waals surface area contributed by atoms with Crippen molar-refractivity contribution in [2.24, 2.45) is 0 Å². The number of para-hydroxylation sites is 1. The van der Waals surface area contributed by atoms with Crippen LogP contribution in [0.3, 0.4) is 0 Å². The standard InChI is InChI=1S/C14H20N2O3S/c1-10(2)19-12-7-4-3-6-11(12)13(18)16-14(20)15-8-5-9-17/h3-4,6-7,10,17H,5,8-9H2,1-2H3,(H2,15,16,18,20). The molecule has 0 saturated carbocycles. The maximum absolute atomic E-state index is 12.1. The summed E-state index contributed by atoms with van der Waals surface area (Å²) in [7, 11) is 0. The minimum Gasteiger partial charge on any atom is -0.490 e. The number of carbonyl (C=O) groups is 1. The third-order valence-electron chi connectivity index (χ3n) is 2.34. The van der Waals surface area contributed by atoms with E-state index in [9.17, 15) is 4.79 Å². The highest BCUT2D eigenvalue weighted by Gasteiger charge is 2.14. The van der Waals surface area contributed by atoms with Crippen molar-refractivity contribution in [3.63, 3.8) is 0 Å². The Labute approximate surface area is 124 Å². The molecule has 0 heterocycles. The first-order chi connectivity index (χ1) is 9.54. The van der Waals surface area contributed by atoms with E-state index in [4.69, 9.17) is 22.1 Å². The Hall–Kier alpha value is -1.66. The Morgan fingerprint density at radius 3 is 2.75 bits per heavy atom. The molecule has 0 fully saturated rings. The van der Waals surface area contributed by atoms with E-state index in [0.717, 1.165) is 0 Å². The summed E-state index contributed by atoms with van der Waals surface area (Å²) in [5.41, 5.74) is 0.438. The van der Waals surface area contributed by atoms with Gasteiger partial charge in [0, 0.05) is 13.2 Å². The maximum Gasteiger partial charge on any atom is 0.261 e. The summed E-state index contributed by atoms with van der Waals surface area (Å²) >= 11 is 5.01. The largest absolute Gasteiger partial charge is 0.490 e. The fourth-order valence-corrected chi connectivity index (χ4v) is 1.70. The van der Waals surface area contributed by atoms with Crippen LogP contribution in [0.1, 0.15) is 30.6 Å². The Balaban J connectivity index is 2.65. The summed E-state index contributed by atoms with van der Waals surface area (Å²) < 4.78 is 5.59. The van der Waals surface area contributed by atoms with E-state index in [0.29, 0.717) is 24.3 Å². The first kappa shape index (κ1) is 16.4. The van der Waals surface area contributed by atoms with E-state index < -0.39 is 0 Å². The van der Waals surface area contributed by atoms with Crippen molar-refractivity contribution in [2.45, 2.75) is 26.4 Å². The summed E-state index contributed by atoms with van der Waals surface area (Å²) in [5, 5.41) is 14.3. The molecule has 0 aliphatic rings. The molecule has 1 aromatic rings. The lowest BCUT2D eigenvalue weighted by Crippen LogP contribution is -2.40. The molecule has 0 unspecified atom stereocenters. The number of hydrogen-bond acceptors (Lipinski definition) is 4. The number of nitrogens with one attached hydrogen (secondary N) is 2. The number of carbonyl (C=O) groups excluding carboxylic acids is 1. The predicted molar refractivity (Wildman–Crippen MR) is 82.0 cm³/mol. The zero-order valence-corrected chi connectivity index (χ0v) is 12.5. The molecular weight excluding hydrogens is 276 g/mol. The summed E-state index contributed by atoms with van der Waals surface area (Å²) in [5.74, 6) is 0.209. The Bertz CT molecular complexity index is 463. The number of benzene rings is 1. The van der Waals surface area contributed by atoms with Gasteiger partial charge in [-0.1, -0.05) is 12.1 Å². The van der Waals surface area contributed by atoms with Crippen molar-refractivity contribution >= 4 is 23.2 Å². The molecule has 0 atom stereocenters. The second-order valence-electron chi connectivity index (χ2n) is 4.45. The highest BCUT2D eigenvalue weighted by atomic mass is 32.1. The monoisotopic (exact) mass is 296 g/mol. The Morgan fingerprint density at radius 2 is 2.10 bits per heavy atom. The molecule has 1 aromatic carbocycles. The number of aliphatic hydroxyl groups excluding tert-OH is 1. The second kappa shape index (κ2) is 8.50. The summed E-state index contributed by atoms with van der Waals surface area (Å²) in [4.78, 5) is 12.1. The van der Waals surface area contributed by atoms with Crippen molar-refractivity contribution < 1.29 is 14.6 Å². The van der Waals surface area contributed by atoms with Crippen LogP contribution in [0.5, 0.6) is 5.75 Å². The lowest BCUT2D eigenvalue weighted by molar-refractivity contribution is 0.0971. The molecule has 3 N–H and O–H groups in total. The topological polar surface area (TPSA) is 70.6 Å². The molecule has 1 amide bonds. The highest BCUT2D eigenvalue weighted by molar-refractivity contribution is 7.80. The minimum atomic E-state index is -0.317. The van der Waals surface area contributed by atoms with E-state index >= 15 is 0 Å². The van der Waals surface area contributed by atoms with Crippen LogP contribution < -0.4 is 15.4 Å². The van der Waals surface area contributed by atoms with E-state index in [2.05, 4.69) is 10.6 Å². The van der Waals surface area contributed by atoms with E-state index in [1.54, 1.807) is 18.2 Å². The number of aliphatic hydroxyl groups is 1. The van der Waals surface area contributed by atoms with Crippen molar-refractivity contribution in [3.8, 4) is 5.75 Å². The van der Waals surface area contributed by atoms with Gasteiger partial charge in [0.15, 0.2) is 5.11 Å². The van der Waals surface area contributed by atoms with Gasteiger partial charge in [-0.05, 0) is 44.6 Å². The summed E-state index contributed by atoms with van der Waals surface area (Å²) in [6.45, 7) is 4.39. The average Bonchev–Trinajstić information content (AvgIpc) is 2.38. The van der Waals surface area contributed by atoms with Crippen LogP contribution in [-0.4, -0.2) is 35.4 Å². The molecule has 0 saturated heterocycles. The SMILES string of the molecule is CC(C)Oc1ccccc1C(=O)NC(=S)NCCCO. The highest BCUT2D eigenvalue weighted by Crippen LogP contribution is 2.19. The molecule has 0 bridgehead atoms. The molecule has 5 nitrogen and oxygen atoms in total. The lowest BCUT2D eigenvalue weighted by Gasteiger charge is -2.14. The number of amides is 1. The zero-order chi connectivity index (χ0) is 15.0. The van der Waals surface area contributed by atoms with E-state index in [1.807, 2.05) is 19.9 Å². The van der Waals surface area contributed by atoms with Gasteiger partial charge in [-0.15, -0.1) is 0 Å². The van der Waals surface area contributed by atoms with Crippen LogP contribution >= 0.6 is 12.2 Å². The quantitative estimate of drug-likeness (QED) is 0.548. The van der Waals surface area contributed by atoms with Gasteiger partial charge in [-0.3, -0.25) is 10.1 Å². The van der Waals surface area contributed by atoms with Crippen LogP contribution in [0.4, 0.5) is 0 Å². The first-order valence-electron chi connectivity index (χ1n) is 6.50. The number of rotatable bonds is 6. The predicted octanol–water partition coefficient (Wildman–Crippen LogP) is 1.46. The van der Waals surface area contributed by atoms with Crippen LogP contribution in [-0.2, 0) is 0 Å². The van der Waals surface area contributed by atoms with Gasteiger partial charge < -0.3 is 15.2 Å². The number of hydrogen-bond donors (Lipinski definition) is 3. The van der Waals surface area contributed by atoms with Gasteiger partial charge in [0.1, 0.15) is 5.75 Å². The molecule has 6 heteroatoms. The average molecular weight is 296 g/mol. The Kier molecular flexibility index (Phi) is 6.97. The molecule has 0 aliphatic heterocycles.